The highest BCUT2D eigenvalue weighted by Gasteiger charge is 2.24. The molecule has 0 fully saturated rings. The second-order valence-corrected chi connectivity index (χ2v) is 7.73. The summed E-state index contributed by atoms with van der Waals surface area (Å²) in [4.78, 5) is 27.3. The van der Waals surface area contributed by atoms with Crippen LogP contribution in [0, 0.1) is 5.82 Å². The van der Waals surface area contributed by atoms with Gasteiger partial charge in [-0.1, -0.05) is 48.5 Å². The summed E-state index contributed by atoms with van der Waals surface area (Å²) in [6.07, 6.45) is 3.39. The molecule has 6 heteroatoms. The minimum atomic E-state index is -0.592. The van der Waals surface area contributed by atoms with Crippen LogP contribution >= 0.6 is 0 Å². The molecule has 0 saturated heterocycles. The van der Waals surface area contributed by atoms with Crippen LogP contribution in [0.25, 0.3) is 11.6 Å². The van der Waals surface area contributed by atoms with E-state index in [9.17, 15) is 14.0 Å². The van der Waals surface area contributed by atoms with Gasteiger partial charge in [0.1, 0.15) is 5.82 Å². The summed E-state index contributed by atoms with van der Waals surface area (Å²) in [5, 5.41) is 8.95. The number of hydrogen-bond acceptors (Lipinski definition) is 3. The van der Waals surface area contributed by atoms with Crippen LogP contribution in [0.3, 0.4) is 0 Å². The molecule has 0 radical (unpaired) electrons. The van der Waals surface area contributed by atoms with Gasteiger partial charge in [0.15, 0.2) is 0 Å². The second-order valence-electron chi connectivity index (χ2n) is 7.73. The maximum atomic E-state index is 13.7. The van der Waals surface area contributed by atoms with Gasteiger partial charge in [0.2, 0.25) is 0 Å². The highest BCUT2D eigenvalue weighted by Crippen LogP contribution is 2.26. The number of benzene rings is 3. The minimum absolute atomic E-state index is 0.162. The molecule has 32 heavy (non-hydrogen) atoms. The Morgan fingerprint density at radius 1 is 0.938 bits per heavy atom. The van der Waals surface area contributed by atoms with Crippen LogP contribution in [0.5, 0.6) is 0 Å². The first kappa shape index (κ1) is 21.5. The van der Waals surface area contributed by atoms with Crippen LogP contribution < -0.4 is 5.48 Å². The quantitative estimate of drug-likeness (QED) is 0.278. The van der Waals surface area contributed by atoms with Crippen LogP contribution in [-0.4, -0.2) is 28.5 Å². The lowest BCUT2D eigenvalue weighted by atomic mass is 10.00. The fourth-order valence-corrected chi connectivity index (χ4v) is 3.93. The molecule has 0 spiro atoms. The Labute approximate surface area is 185 Å². The third-order valence-electron chi connectivity index (χ3n) is 5.59. The van der Waals surface area contributed by atoms with Crippen molar-refractivity contribution in [2.24, 2.45) is 0 Å². The molecule has 0 atom stereocenters. The Hall–Kier alpha value is -3.77. The maximum Gasteiger partial charge on any atom is 0.274 e. The van der Waals surface area contributed by atoms with E-state index in [0.717, 1.165) is 29.5 Å². The van der Waals surface area contributed by atoms with Crippen LogP contribution in [0.4, 0.5) is 4.39 Å². The first-order chi connectivity index (χ1) is 15.5. The molecule has 2 amide bonds. The van der Waals surface area contributed by atoms with Gasteiger partial charge in [-0.2, -0.15) is 0 Å². The van der Waals surface area contributed by atoms with E-state index in [4.69, 9.17) is 5.21 Å². The third kappa shape index (κ3) is 4.76. The van der Waals surface area contributed by atoms with Crippen molar-refractivity contribution >= 4 is 23.5 Å². The average Bonchev–Trinajstić information content (AvgIpc) is 3.05. The standard InChI is InChI=1S/C26H23FN2O3/c27-23-12-10-20(11-13-23)24(15-18-5-2-1-3-6-18)26(31)29-14-4-7-19-8-9-21(25(30)28-32)16-22(19)17-29/h1-3,5-6,8-13,15-16,32H,4,7,14,17H2,(H,28,30)/b24-15+. The fraction of sp³-hybridized carbons (Fsp3) is 0.154. The lowest BCUT2D eigenvalue weighted by molar-refractivity contribution is -0.125. The van der Waals surface area contributed by atoms with Crippen molar-refractivity contribution in [3.63, 3.8) is 0 Å². The van der Waals surface area contributed by atoms with Crippen molar-refractivity contribution in [2.75, 3.05) is 6.54 Å². The fourth-order valence-electron chi connectivity index (χ4n) is 3.93. The van der Waals surface area contributed by atoms with Gasteiger partial charge >= 0.3 is 0 Å². The number of hydroxylamine groups is 1. The summed E-state index contributed by atoms with van der Waals surface area (Å²) in [6, 6.07) is 20.7. The number of fused-ring (bicyclic) bond motifs is 1. The van der Waals surface area contributed by atoms with E-state index < -0.39 is 5.91 Å². The normalized spacial score (nSPS) is 13.8. The summed E-state index contributed by atoms with van der Waals surface area (Å²) >= 11 is 0. The van der Waals surface area contributed by atoms with Crippen molar-refractivity contribution in [3.8, 4) is 0 Å². The Morgan fingerprint density at radius 2 is 1.66 bits per heavy atom. The van der Waals surface area contributed by atoms with Gasteiger partial charge in [-0.05, 0) is 65.4 Å². The van der Waals surface area contributed by atoms with Crippen LogP contribution in [0.15, 0.2) is 72.8 Å². The van der Waals surface area contributed by atoms with E-state index in [1.807, 2.05) is 42.5 Å². The largest absolute Gasteiger partial charge is 0.334 e. The number of carbonyl (C=O) groups excluding carboxylic acids is 2. The number of hydrogen-bond donors (Lipinski definition) is 2. The number of rotatable bonds is 4. The predicted octanol–water partition coefficient (Wildman–Crippen LogP) is 4.46. The van der Waals surface area contributed by atoms with E-state index in [1.54, 1.807) is 34.6 Å². The van der Waals surface area contributed by atoms with Crippen molar-refractivity contribution in [1.82, 2.24) is 10.4 Å². The van der Waals surface area contributed by atoms with Gasteiger partial charge in [0.05, 0.1) is 0 Å². The van der Waals surface area contributed by atoms with Crippen molar-refractivity contribution in [1.29, 1.82) is 0 Å². The zero-order valence-electron chi connectivity index (χ0n) is 17.4. The molecule has 1 heterocycles. The Balaban J connectivity index is 1.70. The van der Waals surface area contributed by atoms with E-state index in [-0.39, 0.29) is 11.7 Å². The van der Waals surface area contributed by atoms with Gasteiger partial charge in [-0.15, -0.1) is 0 Å². The number of nitrogens with one attached hydrogen (secondary N) is 1. The molecule has 1 aliphatic heterocycles. The summed E-state index contributed by atoms with van der Waals surface area (Å²) in [6.45, 7) is 0.899. The van der Waals surface area contributed by atoms with Gasteiger partial charge in [-0.25, -0.2) is 9.87 Å². The zero-order valence-corrected chi connectivity index (χ0v) is 17.4. The Morgan fingerprint density at radius 3 is 2.38 bits per heavy atom. The molecule has 5 nitrogen and oxygen atoms in total. The topological polar surface area (TPSA) is 69.6 Å². The van der Waals surface area contributed by atoms with Gasteiger partial charge < -0.3 is 4.90 Å². The monoisotopic (exact) mass is 430 g/mol. The van der Waals surface area contributed by atoms with Crippen LogP contribution in [0.1, 0.15) is 39.0 Å². The van der Waals surface area contributed by atoms with E-state index in [0.29, 0.717) is 29.8 Å². The molecule has 0 unspecified atom stereocenters. The number of nitrogens with zero attached hydrogens (tertiary/aromatic N) is 1. The minimum Gasteiger partial charge on any atom is -0.334 e. The van der Waals surface area contributed by atoms with Crippen LogP contribution in [-0.2, 0) is 17.8 Å². The van der Waals surface area contributed by atoms with Gasteiger partial charge in [0.25, 0.3) is 11.8 Å². The van der Waals surface area contributed by atoms with Gasteiger partial charge in [-0.3, -0.25) is 14.8 Å². The molecule has 0 bridgehead atoms. The van der Waals surface area contributed by atoms with Crippen molar-refractivity contribution in [2.45, 2.75) is 19.4 Å². The second kappa shape index (κ2) is 9.58. The molecule has 4 rings (SSSR count). The summed E-state index contributed by atoms with van der Waals surface area (Å²) in [7, 11) is 0. The maximum absolute atomic E-state index is 13.7. The summed E-state index contributed by atoms with van der Waals surface area (Å²) in [5.74, 6) is -1.12. The Kier molecular flexibility index (Phi) is 6.42. The molecule has 3 aromatic carbocycles. The predicted molar refractivity (Wildman–Crippen MR) is 120 cm³/mol. The molecular formula is C26H23FN2O3. The van der Waals surface area contributed by atoms with Gasteiger partial charge in [0, 0.05) is 24.2 Å². The first-order valence-electron chi connectivity index (χ1n) is 10.4. The molecule has 162 valence electrons. The van der Waals surface area contributed by atoms with E-state index in [2.05, 4.69) is 0 Å². The number of halogens is 1. The van der Waals surface area contributed by atoms with Crippen molar-refractivity contribution < 1.29 is 19.2 Å². The lowest BCUT2D eigenvalue weighted by Gasteiger charge is -2.23. The number of aryl methyl sites for hydroxylation is 1. The molecule has 0 saturated carbocycles. The number of carbonyl (C=O) groups is 2. The molecule has 0 aromatic heterocycles. The number of amides is 2. The Bertz CT molecular complexity index is 1160. The smallest absolute Gasteiger partial charge is 0.274 e. The molecule has 1 aliphatic rings. The SMILES string of the molecule is O=C(NO)c1ccc2c(c1)CN(C(=O)/C(=C/c1ccccc1)c1ccc(F)cc1)CCC2. The highest BCUT2D eigenvalue weighted by molar-refractivity contribution is 6.24. The van der Waals surface area contributed by atoms with E-state index in [1.165, 1.54) is 12.1 Å². The summed E-state index contributed by atoms with van der Waals surface area (Å²) in [5.41, 5.74) is 5.91. The summed E-state index contributed by atoms with van der Waals surface area (Å²) < 4.78 is 13.5. The van der Waals surface area contributed by atoms with E-state index >= 15 is 0 Å². The lowest BCUT2D eigenvalue weighted by Crippen LogP contribution is -2.31. The first-order valence-corrected chi connectivity index (χ1v) is 10.4. The third-order valence-corrected chi connectivity index (χ3v) is 5.59. The highest BCUT2D eigenvalue weighted by atomic mass is 19.1. The zero-order chi connectivity index (χ0) is 22.5. The van der Waals surface area contributed by atoms with Crippen LogP contribution in [0.2, 0.25) is 0 Å². The van der Waals surface area contributed by atoms with Crippen molar-refractivity contribution in [3.05, 3.63) is 106 Å². The molecule has 3 aromatic rings. The average molecular weight is 430 g/mol. The molecule has 0 aliphatic carbocycles. The molecule has 2 N–H and O–H groups in total. The molecular weight excluding hydrogens is 407 g/mol.